The van der Waals surface area contributed by atoms with E-state index in [0.717, 1.165) is 28.8 Å². The number of aromatic amines is 1. The van der Waals surface area contributed by atoms with Crippen molar-refractivity contribution in [3.05, 3.63) is 53.1 Å². The second kappa shape index (κ2) is 7.01. The smallest absolute Gasteiger partial charge is 0.216 e. The predicted octanol–water partition coefficient (Wildman–Crippen LogP) is 4.14. The Bertz CT molecular complexity index is 905. The molecular formula is C21H24N2O2. The Morgan fingerprint density at radius 1 is 1.16 bits per heavy atom. The van der Waals surface area contributed by atoms with E-state index >= 15 is 0 Å². The molecule has 0 bridgehead atoms. The number of benzene rings is 2. The third-order valence-corrected chi connectivity index (χ3v) is 4.59. The van der Waals surface area contributed by atoms with Crippen LogP contribution in [0.25, 0.3) is 22.2 Å². The molecule has 4 heteroatoms. The summed E-state index contributed by atoms with van der Waals surface area (Å²) in [6.07, 6.45) is 0.760. The first-order chi connectivity index (χ1) is 12.0. The van der Waals surface area contributed by atoms with Crippen LogP contribution in [0, 0.1) is 13.8 Å². The third kappa shape index (κ3) is 3.38. The maximum atomic E-state index is 11.3. The minimum atomic E-state index is -0.00829. The second-order valence-corrected chi connectivity index (χ2v) is 6.39. The molecule has 0 unspecified atom stereocenters. The van der Waals surface area contributed by atoms with E-state index in [1.165, 1.54) is 22.3 Å². The lowest BCUT2D eigenvalue weighted by atomic mass is 9.95. The predicted molar refractivity (Wildman–Crippen MR) is 102 cm³/mol. The summed E-state index contributed by atoms with van der Waals surface area (Å²) < 4.78 is 5.40. The number of ether oxygens (including phenoxy) is 1. The van der Waals surface area contributed by atoms with Crippen LogP contribution in [0.15, 0.2) is 36.4 Å². The highest BCUT2D eigenvalue weighted by atomic mass is 16.5. The molecular weight excluding hydrogens is 312 g/mol. The molecule has 1 aromatic heterocycles. The van der Waals surface area contributed by atoms with E-state index in [4.69, 9.17) is 4.74 Å². The van der Waals surface area contributed by atoms with Crippen molar-refractivity contribution in [2.75, 3.05) is 13.7 Å². The van der Waals surface area contributed by atoms with Gasteiger partial charge in [0.05, 0.1) is 12.8 Å². The molecule has 130 valence electrons. The van der Waals surface area contributed by atoms with Gasteiger partial charge >= 0.3 is 0 Å². The molecule has 0 saturated carbocycles. The zero-order chi connectivity index (χ0) is 18.0. The van der Waals surface area contributed by atoms with Gasteiger partial charge in [-0.05, 0) is 55.2 Å². The largest absolute Gasteiger partial charge is 0.497 e. The molecule has 0 saturated heterocycles. The molecule has 0 aliphatic heterocycles. The van der Waals surface area contributed by atoms with Crippen molar-refractivity contribution in [1.82, 2.24) is 10.3 Å². The van der Waals surface area contributed by atoms with Gasteiger partial charge in [0.1, 0.15) is 5.75 Å². The summed E-state index contributed by atoms with van der Waals surface area (Å²) in [4.78, 5) is 14.8. The van der Waals surface area contributed by atoms with Crippen LogP contribution in [0.1, 0.15) is 23.6 Å². The number of methoxy groups -OCH3 is 1. The van der Waals surface area contributed by atoms with Crippen LogP contribution in [0.4, 0.5) is 0 Å². The monoisotopic (exact) mass is 336 g/mol. The van der Waals surface area contributed by atoms with Gasteiger partial charge in [0.15, 0.2) is 0 Å². The molecule has 1 amide bonds. The molecule has 0 atom stereocenters. The lowest BCUT2D eigenvalue weighted by molar-refractivity contribution is -0.118. The van der Waals surface area contributed by atoms with Crippen LogP contribution in [-0.4, -0.2) is 24.5 Å². The van der Waals surface area contributed by atoms with Crippen LogP contribution in [0.2, 0.25) is 0 Å². The highest BCUT2D eigenvalue weighted by molar-refractivity contribution is 5.93. The molecule has 1 heterocycles. The molecule has 3 aromatic rings. The standard InChI is InChI=1S/C21H24N2O2/c1-13-6-5-7-14(2)20(13)21-17(10-11-22-15(3)24)18-12-16(25-4)8-9-19(18)23-21/h5-9,12,23H,10-11H2,1-4H3,(H,22,24). The topological polar surface area (TPSA) is 54.1 Å². The molecule has 2 N–H and O–H groups in total. The van der Waals surface area contributed by atoms with E-state index < -0.39 is 0 Å². The number of hydrogen-bond acceptors (Lipinski definition) is 2. The number of fused-ring (bicyclic) bond motifs is 1. The SMILES string of the molecule is COc1ccc2[nH]c(-c3c(C)cccc3C)c(CCNC(C)=O)c2c1. The molecule has 0 aliphatic carbocycles. The van der Waals surface area contributed by atoms with Crippen molar-refractivity contribution in [3.8, 4) is 17.0 Å². The summed E-state index contributed by atoms with van der Waals surface area (Å²) in [7, 11) is 1.68. The van der Waals surface area contributed by atoms with Crippen molar-refractivity contribution in [2.45, 2.75) is 27.2 Å². The number of nitrogens with one attached hydrogen (secondary N) is 2. The van der Waals surface area contributed by atoms with E-state index in [2.05, 4.69) is 48.4 Å². The van der Waals surface area contributed by atoms with Gasteiger partial charge in [-0.15, -0.1) is 0 Å². The zero-order valence-corrected chi connectivity index (χ0v) is 15.2. The van der Waals surface area contributed by atoms with E-state index in [1.807, 2.05) is 12.1 Å². The first kappa shape index (κ1) is 17.1. The summed E-state index contributed by atoms with van der Waals surface area (Å²) in [5, 5.41) is 4.04. The van der Waals surface area contributed by atoms with Crippen molar-refractivity contribution >= 4 is 16.8 Å². The minimum absolute atomic E-state index is 0.00829. The van der Waals surface area contributed by atoms with E-state index in [-0.39, 0.29) is 5.91 Å². The number of H-pyrrole nitrogens is 1. The van der Waals surface area contributed by atoms with Crippen LogP contribution < -0.4 is 10.1 Å². The van der Waals surface area contributed by atoms with Crippen molar-refractivity contribution in [2.24, 2.45) is 0 Å². The second-order valence-electron chi connectivity index (χ2n) is 6.39. The molecule has 4 nitrogen and oxygen atoms in total. The van der Waals surface area contributed by atoms with Gasteiger partial charge in [-0.2, -0.15) is 0 Å². The van der Waals surface area contributed by atoms with Gasteiger partial charge in [0.25, 0.3) is 0 Å². The molecule has 0 aliphatic rings. The fourth-order valence-corrected chi connectivity index (χ4v) is 3.40. The summed E-state index contributed by atoms with van der Waals surface area (Å²) in [6, 6.07) is 12.4. The van der Waals surface area contributed by atoms with Gasteiger partial charge in [0, 0.05) is 29.9 Å². The number of amides is 1. The molecule has 0 fully saturated rings. The van der Waals surface area contributed by atoms with Crippen LogP contribution in [-0.2, 0) is 11.2 Å². The highest BCUT2D eigenvalue weighted by Gasteiger charge is 2.17. The molecule has 3 rings (SSSR count). The quantitative estimate of drug-likeness (QED) is 0.736. The van der Waals surface area contributed by atoms with Crippen molar-refractivity contribution in [1.29, 1.82) is 0 Å². The number of aromatic nitrogens is 1. The normalized spacial score (nSPS) is 10.9. The van der Waals surface area contributed by atoms with Crippen LogP contribution >= 0.6 is 0 Å². The zero-order valence-electron chi connectivity index (χ0n) is 15.2. The summed E-state index contributed by atoms with van der Waals surface area (Å²) >= 11 is 0. The first-order valence-corrected chi connectivity index (χ1v) is 8.51. The van der Waals surface area contributed by atoms with Crippen LogP contribution in [0.5, 0.6) is 5.75 Å². The fraction of sp³-hybridized carbons (Fsp3) is 0.286. The third-order valence-electron chi connectivity index (χ3n) is 4.59. The number of aryl methyl sites for hydroxylation is 2. The number of hydrogen-bond donors (Lipinski definition) is 2. The van der Waals surface area contributed by atoms with E-state index in [0.29, 0.717) is 6.54 Å². The van der Waals surface area contributed by atoms with E-state index in [9.17, 15) is 4.79 Å². The van der Waals surface area contributed by atoms with Crippen LogP contribution in [0.3, 0.4) is 0 Å². The molecule has 2 aromatic carbocycles. The first-order valence-electron chi connectivity index (χ1n) is 8.51. The fourth-order valence-electron chi connectivity index (χ4n) is 3.40. The maximum Gasteiger partial charge on any atom is 0.216 e. The van der Waals surface area contributed by atoms with Gasteiger partial charge in [-0.3, -0.25) is 4.79 Å². The summed E-state index contributed by atoms with van der Waals surface area (Å²) in [6.45, 7) is 6.42. The Morgan fingerprint density at radius 2 is 1.88 bits per heavy atom. The average molecular weight is 336 g/mol. The Labute approximate surface area is 148 Å². The van der Waals surface area contributed by atoms with Crippen molar-refractivity contribution in [3.63, 3.8) is 0 Å². The lowest BCUT2D eigenvalue weighted by Gasteiger charge is -2.11. The molecule has 0 radical (unpaired) electrons. The van der Waals surface area contributed by atoms with Gasteiger partial charge < -0.3 is 15.0 Å². The Morgan fingerprint density at radius 3 is 2.52 bits per heavy atom. The van der Waals surface area contributed by atoms with E-state index in [1.54, 1.807) is 14.0 Å². The highest BCUT2D eigenvalue weighted by Crippen LogP contribution is 2.35. The van der Waals surface area contributed by atoms with Gasteiger partial charge in [-0.1, -0.05) is 18.2 Å². The summed E-state index contributed by atoms with van der Waals surface area (Å²) in [5.74, 6) is 0.825. The number of carbonyl (C=O) groups excluding carboxylic acids is 1. The summed E-state index contributed by atoms with van der Waals surface area (Å²) in [5.41, 5.74) is 7.12. The Kier molecular flexibility index (Phi) is 4.79. The van der Waals surface area contributed by atoms with Gasteiger partial charge in [0.2, 0.25) is 5.91 Å². The van der Waals surface area contributed by atoms with Crippen molar-refractivity contribution < 1.29 is 9.53 Å². The number of carbonyl (C=O) groups is 1. The van der Waals surface area contributed by atoms with Gasteiger partial charge in [-0.25, -0.2) is 0 Å². The number of rotatable bonds is 5. The Balaban J connectivity index is 2.17. The molecule has 25 heavy (non-hydrogen) atoms. The minimum Gasteiger partial charge on any atom is -0.497 e. The molecule has 0 spiro atoms. The maximum absolute atomic E-state index is 11.3. The average Bonchev–Trinajstić information content (AvgIpc) is 2.92. The Hall–Kier alpha value is -2.75. The lowest BCUT2D eigenvalue weighted by Crippen LogP contribution is -2.22.